The number of aliphatic hydroxyl groups is 1. The quantitative estimate of drug-likeness (QED) is 0.423. The first kappa shape index (κ1) is 18.8. The fraction of sp³-hybridized carbons (Fsp3) is 0.304. The molecule has 5 rings (SSSR count). The number of aromatic nitrogens is 2. The Labute approximate surface area is 174 Å². The third-order valence-electron chi connectivity index (χ3n) is 5.92. The molecule has 0 amide bonds. The molecule has 3 heterocycles. The standard InChI is InChI=1S/C23H26N4OS/c1-26-15-20(19-4-2-3-5-22(19)26)23(27-11-9-17(28)14-27)13-25-29-18-7-6-16-8-10-24-21(16)12-18/h2-8,10,12,15,17,23-25,28H,9,11,13-14H2,1H3/t17-,23?/m0/s1. The summed E-state index contributed by atoms with van der Waals surface area (Å²) in [5.74, 6) is 0. The van der Waals surface area contributed by atoms with E-state index in [9.17, 15) is 5.11 Å². The van der Waals surface area contributed by atoms with Crippen LogP contribution in [0.15, 0.2) is 65.8 Å². The zero-order chi connectivity index (χ0) is 19.8. The molecule has 6 heteroatoms. The molecule has 1 unspecified atom stereocenters. The molecule has 2 atom stereocenters. The summed E-state index contributed by atoms with van der Waals surface area (Å²) in [4.78, 5) is 6.88. The Bertz CT molecular complexity index is 1130. The van der Waals surface area contributed by atoms with E-state index in [2.05, 4.69) is 80.9 Å². The molecule has 2 aromatic heterocycles. The molecule has 1 saturated heterocycles. The van der Waals surface area contributed by atoms with Crippen molar-refractivity contribution in [1.29, 1.82) is 0 Å². The van der Waals surface area contributed by atoms with E-state index in [0.717, 1.165) is 31.6 Å². The monoisotopic (exact) mass is 406 g/mol. The second kappa shape index (κ2) is 7.88. The number of likely N-dealkylation sites (tertiary alicyclic amines) is 1. The van der Waals surface area contributed by atoms with Crippen molar-refractivity contribution in [3.8, 4) is 0 Å². The second-order valence-corrected chi connectivity index (χ2v) is 8.81. The Kier molecular flexibility index (Phi) is 5.09. The minimum absolute atomic E-state index is 0.222. The number of aliphatic hydroxyl groups excluding tert-OH is 1. The summed E-state index contributed by atoms with van der Waals surface area (Å²) >= 11 is 1.67. The van der Waals surface area contributed by atoms with Gasteiger partial charge in [0.1, 0.15) is 0 Å². The Morgan fingerprint density at radius 2 is 2.14 bits per heavy atom. The zero-order valence-electron chi connectivity index (χ0n) is 16.5. The molecule has 150 valence electrons. The molecule has 1 aliphatic rings. The van der Waals surface area contributed by atoms with Crippen LogP contribution in [0.25, 0.3) is 21.8 Å². The second-order valence-electron chi connectivity index (χ2n) is 7.84. The van der Waals surface area contributed by atoms with Crippen LogP contribution in [0.3, 0.4) is 0 Å². The minimum Gasteiger partial charge on any atom is -0.392 e. The van der Waals surface area contributed by atoms with Gasteiger partial charge in [0, 0.05) is 60.4 Å². The summed E-state index contributed by atoms with van der Waals surface area (Å²) in [5.41, 5.74) is 3.73. The summed E-state index contributed by atoms with van der Waals surface area (Å²) in [6.45, 7) is 2.47. The molecular formula is C23H26N4OS. The third-order valence-corrected chi connectivity index (χ3v) is 6.72. The number of nitrogens with one attached hydrogen (secondary N) is 2. The van der Waals surface area contributed by atoms with Crippen molar-refractivity contribution in [2.75, 3.05) is 19.6 Å². The molecule has 2 aromatic carbocycles. The van der Waals surface area contributed by atoms with Gasteiger partial charge >= 0.3 is 0 Å². The molecule has 0 spiro atoms. The summed E-state index contributed by atoms with van der Waals surface area (Å²) < 4.78 is 5.80. The first-order valence-corrected chi connectivity index (χ1v) is 10.9. The molecule has 0 aliphatic carbocycles. The van der Waals surface area contributed by atoms with Gasteiger partial charge < -0.3 is 14.7 Å². The maximum atomic E-state index is 10.1. The molecule has 0 bridgehead atoms. The van der Waals surface area contributed by atoms with E-state index in [1.54, 1.807) is 11.9 Å². The van der Waals surface area contributed by atoms with Gasteiger partial charge in [0.15, 0.2) is 0 Å². The van der Waals surface area contributed by atoms with Crippen molar-refractivity contribution in [2.45, 2.75) is 23.5 Å². The average molecular weight is 407 g/mol. The number of aryl methyl sites for hydroxylation is 1. The molecule has 0 radical (unpaired) electrons. The number of aromatic amines is 1. The van der Waals surface area contributed by atoms with Crippen molar-refractivity contribution in [2.24, 2.45) is 7.05 Å². The van der Waals surface area contributed by atoms with Crippen molar-refractivity contribution < 1.29 is 5.11 Å². The van der Waals surface area contributed by atoms with E-state index in [1.165, 1.54) is 26.7 Å². The summed E-state index contributed by atoms with van der Waals surface area (Å²) in [6, 6.07) is 17.4. The van der Waals surface area contributed by atoms with Crippen LogP contribution < -0.4 is 4.72 Å². The highest BCUT2D eigenvalue weighted by Crippen LogP contribution is 2.32. The van der Waals surface area contributed by atoms with Gasteiger partial charge in [-0.15, -0.1) is 0 Å². The number of fused-ring (bicyclic) bond motifs is 2. The molecule has 3 N–H and O–H groups in total. The summed E-state index contributed by atoms with van der Waals surface area (Å²) in [6.07, 6.45) is 4.84. The third kappa shape index (κ3) is 3.69. The van der Waals surface area contributed by atoms with Crippen LogP contribution in [0.4, 0.5) is 0 Å². The van der Waals surface area contributed by atoms with E-state index >= 15 is 0 Å². The van der Waals surface area contributed by atoms with Crippen LogP contribution in [0.2, 0.25) is 0 Å². The highest BCUT2D eigenvalue weighted by Gasteiger charge is 2.29. The zero-order valence-corrected chi connectivity index (χ0v) is 17.3. The molecule has 4 aromatic rings. The highest BCUT2D eigenvalue weighted by molar-refractivity contribution is 7.97. The van der Waals surface area contributed by atoms with Crippen molar-refractivity contribution in [3.05, 3.63) is 66.5 Å². The van der Waals surface area contributed by atoms with Crippen LogP contribution in [-0.4, -0.2) is 45.3 Å². The van der Waals surface area contributed by atoms with Gasteiger partial charge in [-0.1, -0.05) is 24.3 Å². The van der Waals surface area contributed by atoms with Gasteiger partial charge in [-0.05, 0) is 53.6 Å². The Morgan fingerprint density at radius 3 is 3.00 bits per heavy atom. The van der Waals surface area contributed by atoms with Crippen LogP contribution >= 0.6 is 11.9 Å². The molecule has 5 nitrogen and oxygen atoms in total. The number of H-pyrrole nitrogens is 1. The lowest BCUT2D eigenvalue weighted by Gasteiger charge is -2.27. The Hall–Kier alpha value is -2.25. The van der Waals surface area contributed by atoms with Gasteiger partial charge in [-0.2, -0.15) is 0 Å². The van der Waals surface area contributed by atoms with Crippen LogP contribution in [0.5, 0.6) is 0 Å². The Balaban J connectivity index is 1.38. The van der Waals surface area contributed by atoms with E-state index in [-0.39, 0.29) is 12.1 Å². The normalized spacial score (nSPS) is 18.8. The Morgan fingerprint density at radius 1 is 1.24 bits per heavy atom. The highest BCUT2D eigenvalue weighted by atomic mass is 32.2. The number of β-amino-alcohol motifs (C(OH)–C–C–N with tert-alkyl or cyclic N) is 1. The largest absolute Gasteiger partial charge is 0.392 e. The number of hydrogen-bond donors (Lipinski definition) is 3. The summed E-state index contributed by atoms with van der Waals surface area (Å²) in [7, 11) is 2.11. The van der Waals surface area contributed by atoms with Gasteiger partial charge in [0.2, 0.25) is 0 Å². The molecule has 1 fully saturated rings. The maximum absolute atomic E-state index is 10.1. The SMILES string of the molecule is Cn1cc(C(CNSc2ccc3cc[nH]c3c2)N2CC[C@H](O)C2)c2ccccc21. The fourth-order valence-electron chi connectivity index (χ4n) is 4.42. The minimum atomic E-state index is -0.226. The number of nitrogens with zero attached hydrogens (tertiary/aromatic N) is 2. The molecule has 0 saturated carbocycles. The van der Waals surface area contributed by atoms with E-state index in [4.69, 9.17) is 0 Å². The predicted octanol–water partition coefficient (Wildman–Crippen LogP) is 4.06. The maximum Gasteiger partial charge on any atom is 0.0679 e. The lowest BCUT2D eigenvalue weighted by Crippen LogP contribution is -2.33. The van der Waals surface area contributed by atoms with Gasteiger partial charge in [-0.3, -0.25) is 9.62 Å². The lowest BCUT2D eigenvalue weighted by atomic mass is 10.0. The van der Waals surface area contributed by atoms with Crippen molar-refractivity contribution in [3.63, 3.8) is 0 Å². The molecule has 1 aliphatic heterocycles. The van der Waals surface area contributed by atoms with Gasteiger partial charge in [0.25, 0.3) is 0 Å². The number of para-hydroxylation sites is 1. The lowest BCUT2D eigenvalue weighted by molar-refractivity contribution is 0.160. The average Bonchev–Trinajstić information content (AvgIpc) is 3.45. The van der Waals surface area contributed by atoms with Gasteiger partial charge in [0.05, 0.1) is 12.1 Å². The molecule has 29 heavy (non-hydrogen) atoms. The van der Waals surface area contributed by atoms with Gasteiger partial charge in [-0.25, -0.2) is 0 Å². The molecular weight excluding hydrogens is 380 g/mol. The van der Waals surface area contributed by atoms with Crippen LogP contribution in [0.1, 0.15) is 18.0 Å². The fourth-order valence-corrected chi connectivity index (χ4v) is 5.14. The van der Waals surface area contributed by atoms with E-state index in [1.807, 2.05) is 6.20 Å². The number of benzene rings is 2. The number of rotatable bonds is 6. The van der Waals surface area contributed by atoms with Crippen molar-refractivity contribution in [1.82, 2.24) is 19.2 Å². The van der Waals surface area contributed by atoms with Crippen LogP contribution in [0, 0.1) is 0 Å². The summed E-state index contributed by atoms with van der Waals surface area (Å²) in [5, 5.41) is 12.6. The first-order valence-electron chi connectivity index (χ1n) is 10.1. The van der Waals surface area contributed by atoms with E-state index in [0.29, 0.717) is 0 Å². The first-order chi connectivity index (χ1) is 14.2. The smallest absolute Gasteiger partial charge is 0.0679 e. The van der Waals surface area contributed by atoms with Crippen molar-refractivity contribution >= 4 is 33.8 Å². The predicted molar refractivity (Wildman–Crippen MR) is 120 cm³/mol. The van der Waals surface area contributed by atoms with Crippen LogP contribution in [-0.2, 0) is 7.05 Å². The number of hydrogen-bond acceptors (Lipinski definition) is 4. The van der Waals surface area contributed by atoms with E-state index < -0.39 is 0 Å². The topological polar surface area (TPSA) is 56.2 Å².